The lowest BCUT2D eigenvalue weighted by molar-refractivity contribution is -0.124. The molecule has 0 aromatic heterocycles. The number of ether oxygens (including phenoxy) is 1. The standard InChI is InChI=1S/C21H27FN2O2.ClH/c1-21(2,3)24-20(25)15-26-19-7-5-4-6-17(19)14-23-13-12-16-8-10-18(22)11-9-16;/h4-11,23H,12-15H2,1-3H3,(H,24,25);1H. The maximum Gasteiger partial charge on any atom is 0.258 e. The Kier molecular flexibility index (Phi) is 9.26. The third-order valence-electron chi connectivity index (χ3n) is 3.66. The van der Waals surface area contributed by atoms with E-state index in [0.29, 0.717) is 12.3 Å². The quantitative estimate of drug-likeness (QED) is 0.668. The summed E-state index contributed by atoms with van der Waals surface area (Å²) < 4.78 is 18.6. The van der Waals surface area contributed by atoms with E-state index >= 15 is 0 Å². The molecule has 0 aliphatic heterocycles. The lowest BCUT2D eigenvalue weighted by atomic mass is 10.1. The second-order valence-electron chi connectivity index (χ2n) is 7.25. The first-order valence-electron chi connectivity index (χ1n) is 8.80. The summed E-state index contributed by atoms with van der Waals surface area (Å²) in [5, 5.41) is 6.23. The van der Waals surface area contributed by atoms with Crippen LogP contribution in [-0.4, -0.2) is 24.6 Å². The zero-order valence-corrected chi connectivity index (χ0v) is 16.9. The van der Waals surface area contributed by atoms with E-state index in [1.807, 2.05) is 45.0 Å². The molecule has 0 aliphatic carbocycles. The normalized spacial score (nSPS) is 10.8. The van der Waals surface area contributed by atoms with Crippen LogP contribution in [0.2, 0.25) is 0 Å². The van der Waals surface area contributed by atoms with Crippen LogP contribution in [0.25, 0.3) is 0 Å². The summed E-state index contributed by atoms with van der Waals surface area (Å²) in [6.07, 6.45) is 0.817. The number of hydrogen-bond donors (Lipinski definition) is 2. The van der Waals surface area contributed by atoms with Crippen LogP contribution in [0.5, 0.6) is 5.75 Å². The van der Waals surface area contributed by atoms with E-state index in [0.717, 1.165) is 24.1 Å². The second kappa shape index (κ2) is 10.9. The number of benzene rings is 2. The van der Waals surface area contributed by atoms with Crippen molar-refractivity contribution in [3.05, 3.63) is 65.5 Å². The van der Waals surface area contributed by atoms with Crippen molar-refractivity contribution in [3.63, 3.8) is 0 Å². The van der Waals surface area contributed by atoms with Crippen molar-refractivity contribution in [2.75, 3.05) is 13.2 Å². The molecule has 0 fully saturated rings. The van der Waals surface area contributed by atoms with Gasteiger partial charge in [0.25, 0.3) is 5.91 Å². The molecular formula is C21H28ClFN2O2. The smallest absolute Gasteiger partial charge is 0.258 e. The van der Waals surface area contributed by atoms with Crippen LogP contribution in [0.3, 0.4) is 0 Å². The third kappa shape index (κ3) is 8.89. The average Bonchev–Trinajstić information content (AvgIpc) is 2.58. The van der Waals surface area contributed by atoms with Gasteiger partial charge in [0, 0.05) is 17.6 Å². The largest absolute Gasteiger partial charge is 0.483 e. The Morgan fingerprint density at radius 1 is 1.07 bits per heavy atom. The molecule has 1 amide bonds. The van der Waals surface area contributed by atoms with Crippen LogP contribution in [0.4, 0.5) is 4.39 Å². The minimum atomic E-state index is -0.276. The number of rotatable bonds is 8. The SMILES string of the molecule is CC(C)(C)NC(=O)COc1ccccc1CNCCc1ccc(F)cc1.Cl. The highest BCUT2D eigenvalue weighted by atomic mass is 35.5. The van der Waals surface area contributed by atoms with Gasteiger partial charge >= 0.3 is 0 Å². The fraction of sp³-hybridized carbons (Fsp3) is 0.381. The molecule has 0 saturated heterocycles. The topological polar surface area (TPSA) is 50.4 Å². The minimum absolute atomic E-state index is 0. The first-order valence-corrected chi connectivity index (χ1v) is 8.80. The van der Waals surface area contributed by atoms with Crippen molar-refractivity contribution >= 4 is 18.3 Å². The fourth-order valence-corrected chi connectivity index (χ4v) is 2.50. The fourth-order valence-electron chi connectivity index (χ4n) is 2.50. The highest BCUT2D eigenvalue weighted by molar-refractivity contribution is 5.85. The molecule has 27 heavy (non-hydrogen) atoms. The summed E-state index contributed by atoms with van der Waals surface area (Å²) in [7, 11) is 0. The van der Waals surface area contributed by atoms with E-state index < -0.39 is 0 Å². The minimum Gasteiger partial charge on any atom is -0.483 e. The molecule has 0 spiro atoms. The number of hydrogen-bond acceptors (Lipinski definition) is 3. The van der Waals surface area contributed by atoms with Gasteiger partial charge in [0.2, 0.25) is 0 Å². The number of halogens is 2. The summed E-state index contributed by atoms with van der Waals surface area (Å²) in [6.45, 7) is 7.20. The van der Waals surface area contributed by atoms with Gasteiger partial charge in [-0.2, -0.15) is 0 Å². The highest BCUT2D eigenvalue weighted by Gasteiger charge is 2.14. The maximum atomic E-state index is 12.9. The number of carbonyl (C=O) groups is 1. The summed E-state index contributed by atoms with van der Waals surface area (Å²) in [5.74, 6) is 0.339. The van der Waals surface area contributed by atoms with Gasteiger partial charge in [-0.3, -0.25) is 4.79 Å². The third-order valence-corrected chi connectivity index (χ3v) is 3.66. The first kappa shape index (κ1) is 22.9. The van der Waals surface area contributed by atoms with E-state index in [-0.39, 0.29) is 36.3 Å². The van der Waals surface area contributed by atoms with Gasteiger partial charge in [-0.05, 0) is 57.5 Å². The van der Waals surface area contributed by atoms with Gasteiger partial charge in [0.05, 0.1) is 0 Å². The van der Waals surface area contributed by atoms with Crippen LogP contribution in [0.1, 0.15) is 31.9 Å². The molecule has 2 rings (SSSR count). The molecule has 4 nitrogen and oxygen atoms in total. The van der Waals surface area contributed by atoms with Gasteiger partial charge < -0.3 is 15.4 Å². The summed E-state index contributed by atoms with van der Waals surface area (Å²) in [6, 6.07) is 14.2. The zero-order chi connectivity index (χ0) is 19.0. The molecular weight excluding hydrogens is 367 g/mol. The van der Waals surface area contributed by atoms with Crippen LogP contribution in [0.15, 0.2) is 48.5 Å². The van der Waals surface area contributed by atoms with Gasteiger partial charge in [0.1, 0.15) is 11.6 Å². The number of carbonyl (C=O) groups excluding carboxylic acids is 1. The molecule has 148 valence electrons. The average molecular weight is 395 g/mol. The van der Waals surface area contributed by atoms with Crippen molar-refractivity contribution in [2.24, 2.45) is 0 Å². The predicted octanol–water partition coefficient (Wildman–Crippen LogP) is 3.87. The van der Waals surface area contributed by atoms with Crippen LogP contribution < -0.4 is 15.4 Å². The Morgan fingerprint density at radius 2 is 1.74 bits per heavy atom. The molecule has 0 heterocycles. The molecule has 0 saturated carbocycles. The molecule has 2 aromatic rings. The lowest BCUT2D eigenvalue weighted by Gasteiger charge is -2.20. The van der Waals surface area contributed by atoms with Crippen LogP contribution in [-0.2, 0) is 17.8 Å². The summed E-state index contributed by atoms with van der Waals surface area (Å²) >= 11 is 0. The van der Waals surface area contributed by atoms with Gasteiger partial charge in [-0.15, -0.1) is 12.4 Å². The van der Waals surface area contributed by atoms with E-state index in [2.05, 4.69) is 10.6 Å². The van der Waals surface area contributed by atoms with E-state index in [9.17, 15) is 9.18 Å². The Hall–Kier alpha value is -2.11. The summed E-state index contributed by atoms with van der Waals surface area (Å²) in [5.41, 5.74) is 1.81. The number of amides is 1. The van der Waals surface area contributed by atoms with E-state index in [1.54, 1.807) is 12.1 Å². The van der Waals surface area contributed by atoms with Crippen molar-refractivity contribution in [1.29, 1.82) is 0 Å². The van der Waals surface area contributed by atoms with E-state index in [1.165, 1.54) is 12.1 Å². The summed E-state index contributed by atoms with van der Waals surface area (Å²) in [4.78, 5) is 11.9. The van der Waals surface area contributed by atoms with Crippen LogP contribution >= 0.6 is 12.4 Å². The molecule has 0 bridgehead atoms. The predicted molar refractivity (Wildman–Crippen MR) is 109 cm³/mol. The molecule has 0 unspecified atom stereocenters. The Balaban J connectivity index is 0.00000364. The van der Waals surface area contributed by atoms with Crippen molar-refractivity contribution < 1.29 is 13.9 Å². The van der Waals surface area contributed by atoms with Gasteiger partial charge in [-0.1, -0.05) is 30.3 Å². The first-order chi connectivity index (χ1) is 12.3. The molecule has 6 heteroatoms. The monoisotopic (exact) mass is 394 g/mol. The van der Waals surface area contributed by atoms with Crippen molar-refractivity contribution in [3.8, 4) is 5.75 Å². The van der Waals surface area contributed by atoms with E-state index in [4.69, 9.17) is 4.74 Å². The molecule has 0 radical (unpaired) electrons. The lowest BCUT2D eigenvalue weighted by Crippen LogP contribution is -2.43. The highest BCUT2D eigenvalue weighted by Crippen LogP contribution is 2.17. The number of nitrogens with one attached hydrogen (secondary N) is 2. The molecule has 2 N–H and O–H groups in total. The van der Waals surface area contributed by atoms with Crippen LogP contribution in [0, 0.1) is 5.82 Å². The number of para-hydroxylation sites is 1. The molecule has 0 aliphatic rings. The van der Waals surface area contributed by atoms with Crippen molar-refractivity contribution in [1.82, 2.24) is 10.6 Å². The Labute approximate surface area is 166 Å². The van der Waals surface area contributed by atoms with Gasteiger partial charge in [0.15, 0.2) is 6.61 Å². The molecule has 0 atom stereocenters. The second-order valence-corrected chi connectivity index (χ2v) is 7.25. The zero-order valence-electron chi connectivity index (χ0n) is 16.0. The van der Waals surface area contributed by atoms with Crippen molar-refractivity contribution in [2.45, 2.75) is 39.3 Å². The maximum absolute atomic E-state index is 12.9. The molecule has 2 aromatic carbocycles. The Morgan fingerprint density at radius 3 is 2.41 bits per heavy atom. The Bertz CT molecular complexity index is 715. The van der Waals surface area contributed by atoms with Gasteiger partial charge in [-0.25, -0.2) is 4.39 Å².